The molecule has 0 amide bonds. The number of hydrogen-bond donors (Lipinski definition) is 0. The van der Waals surface area contributed by atoms with Gasteiger partial charge in [0.25, 0.3) is 0 Å². The summed E-state index contributed by atoms with van der Waals surface area (Å²) in [5, 5.41) is 5.51. The first-order chi connectivity index (χ1) is 20.5. The molecule has 0 nitrogen and oxygen atoms in total. The van der Waals surface area contributed by atoms with E-state index < -0.39 is 0 Å². The first-order valence-electron chi connectivity index (χ1n) is 15.5. The van der Waals surface area contributed by atoms with Crippen molar-refractivity contribution in [1.82, 2.24) is 0 Å². The summed E-state index contributed by atoms with van der Waals surface area (Å²) < 4.78 is 0. The van der Waals surface area contributed by atoms with Gasteiger partial charge in [-0.3, -0.25) is 0 Å². The fourth-order valence-corrected chi connectivity index (χ4v) is 5.38. The third-order valence-corrected chi connectivity index (χ3v) is 7.43. The van der Waals surface area contributed by atoms with Crippen LogP contribution in [0.5, 0.6) is 0 Å². The third kappa shape index (κ3) is 9.10. The van der Waals surface area contributed by atoms with E-state index in [2.05, 4.69) is 148 Å². The van der Waals surface area contributed by atoms with Crippen LogP contribution in [-0.4, -0.2) is 5.43 Å². The van der Waals surface area contributed by atoms with E-state index in [1.807, 2.05) is 0 Å². The first-order valence-corrected chi connectivity index (χ1v) is 21.7. The van der Waals surface area contributed by atoms with Crippen LogP contribution in [0.3, 0.4) is 0 Å². The molecule has 0 heterocycles. The fourth-order valence-electron chi connectivity index (χ4n) is 5.38. The molecule has 6 rings (SSSR count). The maximum atomic E-state index is 2.37. The number of fused-ring (bicyclic) bond motifs is 2. The Morgan fingerprint density at radius 1 is 0.548 bits per heavy atom. The van der Waals surface area contributed by atoms with E-state index in [4.69, 9.17) is 0 Å². The van der Waals surface area contributed by atoms with Crippen molar-refractivity contribution in [1.29, 1.82) is 0 Å². The summed E-state index contributed by atoms with van der Waals surface area (Å²) in [7, 11) is 0. The average Bonchev–Trinajstić information content (AvgIpc) is 3.63. The molecule has 0 saturated carbocycles. The summed E-state index contributed by atoms with van der Waals surface area (Å²) in [6, 6.07) is 44.0. The first kappa shape index (κ1) is 32.1. The standard InChI is InChI=1S/2C19H19.C2H6Si.Zr/c2*1-2-3-8-15-13-17-11-7-12-18(19(17)14-15)16-9-5-4-6-10-16;1-3-2;/h2*4-7,9-14H,2-3,8H2,1H3;1-2H3;/q2*-1;;+2. The molecular formula is C40H44SiZr. The van der Waals surface area contributed by atoms with Crippen LogP contribution < -0.4 is 0 Å². The quantitative estimate of drug-likeness (QED) is 0.114. The van der Waals surface area contributed by atoms with E-state index in [9.17, 15) is 0 Å². The Bertz CT molecular complexity index is 1550. The Morgan fingerprint density at radius 2 is 0.929 bits per heavy atom. The third-order valence-electron chi connectivity index (χ3n) is 7.43. The molecule has 6 aromatic carbocycles. The van der Waals surface area contributed by atoms with E-state index >= 15 is 0 Å². The van der Waals surface area contributed by atoms with Gasteiger partial charge >= 0.3 is 41.9 Å². The van der Waals surface area contributed by atoms with Crippen molar-refractivity contribution in [2.45, 2.75) is 65.5 Å². The van der Waals surface area contributed by atoms with Gasteiger partial charge in [0, 0.05) is 0 Å². The Balaban J connectivity index is 0.000000171. The molecule has 2 heteroatoms. The predicted octanol–water partition coefficient (Wildman–Crippen LogP) is 11.9. The van der Waals surface area contributed by atoms with Gasteiger partial charge in [0.05, 0.1) is 0 Å². The second-order valence-electron chi connectivity index (χ2n) is 11.3. The zero-order chi connectivity index (χ0) is 29.7. The molecule has 0 unspecified atom stereocenters. The van der Waals surface area contributed by atoms with Crippen LogP contribution in [0.15, 0.2) is 121 Å². The molecule has 0 N–H and O–H groups in total. The van der Waals surface area contributed by atoms with E-state index in [0.29, 0.717) is 0 Å². The molecule has 0 aliphatic carbocycles. The molecule has 0 spiro atoms. The molecule has 0 aliphatic heterocycles. The van der Waals surface area contributed by atoms with Gasteiger partial charge in [-0.05, 0) is 24.0 Å². The fraction of sp³-hybridized carbons (Fsp3) is 0.250. The van der Waals surface area contributed by atoms with Gasteiger partial charge in [-0.25, -0.2) is 0 Å². The molecule has 0 fully saturated rings. The number of unbranched alkanes of at least 4 members (excludes halogenated alkanes) is 2. The van der Waals surface area contributed by atoms with Crippen molar-refractivity contribution in [3.05, 3.63) is 132 Å². The van der Waals surface area contributed by atoms with Crippen LogP contribution in [0.4, 0.5) is 0 Å². The SMILES string of the molecule is CCCCc1cc2c(-c3ccccc3)cccc2[cH-]1.CCCCc1cc2c(-c3ccccc3)cccc2[cH-]1.C[Si](C)=[Zr+2]. The van der Waals surface area contributed by atoms with Crippen LogP contribution in [0.25, 0.3) is 43.8 Å². The summed E-state index contributed by atoms with van der Waals surface area (Å²) in [4.78, 5) is 0. The molecule has 0 aromatic heterocycles. The van der Waals surface area contributed by atoms with Crippen molar-refractivity contribution >= 4 is 27.0 Å². The van der Waals surface area contributed by atoms with Crippen LogP contribution in [0, 0.1) is 0 Å². The molecule has 212 valence electrons. The summed E-state index contributed by atoms with van der Waals surface area (Å²) >= 11 is 1.74. The zero-order valence-corrected chi connectivity index (χ0v) is 29.2. The number of rotatable bonds is 8. The van der Waals surface area contributed by atoms with E-state index in [1.54, 1.807) is 23.3 Å². The molecule has 0 saturated heterocycles. The second kappa shape index (κ2) is 16.7. The minimum atomic E-state index is 0.210. The normalized spacial score (nSPS) is 10.6. The number of hydrogen-bond acceptors (Lipinski definition) is 0. The Labute approximate surface area is 268 Å². The van der Waals surface area contributed by atoms with Crippen molar-refractivity contribution in [3.8, 4) is 22.3 Å². The monoisotopic (exact) mass is 642 g/mol. The predicted molar refractivity (Wildman–Crippen MR) is 185 cm³/mol. The summed E-state index contributed by atoms with van der Waals surface area (Å²) in [6.45, 7) is 9.11. The molecule has 6 aromatic rings. The van der Waals surface area contributed by atoms with Gasteiger partial charge in [-0.1, -0.05) is 123 Å². The van der Waals surface area contributed by atoms with Gasteiger partial charge in [-0.15, -0.1) is 69.1 Å². The van der Waals surface area contributed by atoms with Gasteiger partial charge in [-0.2, -0.15) is 12.1 Å². The van der Waals surface area contributed by atoms with Crippen molar-refractivity contribution < 1.29 is 23.3 Å². The van der Waals surface area contributed by atoms with Crippen LogP contribution >= 0.6 is 0 Å². The van der Waals surface area contributed by atoms with Gasteiger partial charge in [0.1, 0.15) is 0 Å². The van der Waals surface area contributed by atoms with Gasteiger partial charge < -0.3 is 0 Å². The number of aryl methyl sites for hydroxylation is 2. The molecule has 0 aliphatic rings. The Hall–Kier alpha value is -2.80. The zero-order valence-electron chi connectivity index (χ0n) is 25.8. The molecule has 42 heavy (non-hydrogen) atoms. The van der Waals surface area contributed by atoms with Crippen molar-refractivity contribution in [2.24, 2.45) is 0 Å². The van der Waals surface area contributed by atoms with Gasteiger partial charge in [0.15, 0.2) is 0 Å². The second-order valence-corrected chi connectivity index (χ2v) is 20.7. The summed E-state index contributed by atoms with van der Waals surface area (Å²) in [5.74, 6) is 0. The molecular weight excluding hydrogens is 600 g/mol. The summed E-state index contributed by atoms with van der Waals surface area (Å²) in [5.41, 5.74) is 8.46. The van der Waals surface area contributed by atoms with Gasteiger partial charge in [0.2, 0.25) is 0 Å². The minimum absolute atomic E-state index is 0.210. The maximum absolute atomic E-state index is 2.37. The van der Waals surface area contributed by atoms with Crippen LogP contribution in [0.1, 0.15) is 50.7 Å². The Morgan fingerprint density at radius 3 is 1.29 bits per heavy atom. The van der Waals surface area contributed by atoms with Crippen molar-refractivity contribution in [3.63, 3.8) is 0 Å². The van der Waals surface area contributed by atoms with Crippen LogP contribution in [-0.2, 0) is 36.2 Å². The molecule has 0 atom stereocenters. The van der Waals surface area contributed by atoms with E-state index in [1.165, 1.54) is 93.5 Å². The molecule has 0 bridgehead atoms. The van der Waals surface area contributed by atoms with Crippen LogP contribution in [0.2, 0.25) is 13.1 Å². The summed E-state index contributed by atoms with van der Waals surface area (Å²) in [6.07, 6.45) is 7.45. The molecule has 0 radical (unpaired) electrons. The topological polar surface area (TPSA) is 0 Å². The van der Waals surface area contributed by atoms with Crippen molar-refractivity contribution in [2.75, 3.05) is 0 Å². The Kier molecular flexibility index (Phi) is 12.8. The van der Waals surface area contributed by atoms with E-state index in [0.717, 1.165) is 0 Å². The number of benzene rings is 4. The average molecular weight is 644 g/mol. The van der Waals surface area contributed by atoms with E-state index in [-0.39, 0.29) is 5.43 Å².